The fourth-order valence-corrected chi connectivity index (χ4v) is 2.29. The minimum atomic E-state index is -1.09. The van der Waals surface area contributed by atoms with Crippen molar-refractivity contribution in [2.45, 2.75) is 12.6 Å². The van der Waals surface area contributed by atoms with Crippen LogP contribution in [0, 0.1) is 11.6 Å². The molecule has 0 aliphatic carbocycles. The Morgan fingerprint density at radius 1 is 1.05 bits per heavy atom. The molecule has 0 amide bonds. The molecule has 0 bridgehead atoms. The Hall–Kier alpha value is -2.53. The fourth-order valence-electron chi connectivity index (χ4n) is 2.29. The molecule has 0 radical (unpaired) electrons. The van der Waals surface area contributed by atoms with Gasteiger partial charge < -0.3 is 5.11 Å². The van der Waals surface area contributed by atoms with E-state index in [4.69, 9.17) is 0 Å². The predicted molar refractivity (Wildman–Crippen MR) is 79.0 cm³/mol. The Labute approximate surface area is 126 Å². The van der Waals surface area contributed by atoms with Crippen molar-refractivity contribution in [3.05, 3.63) is 78.1 Å². The molecule has 3 nitrogen and oxygen atoms in total. The lowest BCUT2D eigenvalue weighted by molar-refractivity contribution is 0.147. The number of hydrogen-bond acceptors (Lipinski definition) is 2. The second-order valence-electron chi connectivity index (χ2n) is 5.00. The number of benzene rings is 2. The van der Waals surface area contributed by atoms with Gasteiger partial charge in [-0.15, -0.1) is 0 Å². The quantitative estimate of drug-likeness (QED) is 0.800. The average Bonchev–Trinajstić information content (AvgIpc) is 2.96. The van der Waals surface area contributed by atoms with E-state index in [-0.39, 0.29) is 12.1 Å². The van der Waals surface area contributed by atoms with E-state index in [0.29, 0.717) is 0 Å². The topological polar surface area (TPSA) is 38.0 Å². The Kier molecular flexibility index (Phi) is 3.98. The largest absolute Gasteiger partial charge is 0.386 e. The summed E-state index contributed by atoms with van der Waals surface area (Å²) in [5.74, 6) is -1.43. The van der Waals surface area contributed by atoms with Crippen LogP contribution < -0.4 is 0 Å². The molecule has 112 valence electrons. The van der Waals surface area contributed by atoms with E-state index >= 15 is 0 Å². The van der Waals surface area contributed by atoms with Gasteiger partial charge in [0.1, 0.15) is 17.7 Å². The van der Waals surface area contributed by atoms with Gasteiger partial charge in [0.05, 0.1) is 12.7 Å². The first-order valence-corrected chi connectivity index (χ1v) is 6.84. The number of hydrogen-bond donors (Lipinski definition) is 1. The highest BCUT2D eigenvalue weighted by atomic mass is 19.1. The van der Waals surface area contributed by atoms with E-state index in [1.807, 2.05) is 30.3 Å². The molecule has 0 aliphatic heterocycles. The predicted octanol–water partition coefficient (Wildman–Crippen LogP) is 3.56. The molecule has 1 N–H and O–H groups in total. The van der Waals surface area contributed by atoms with Gasteiger partial charge >= 0.3 is 0 Å². The van der Waals surface area contributed by atoms with Crippen LogP contribution >= 0.6 is 0 Å². The van der Waals surface area contributed by atoms with Gasteiger partial charge in [0.2, 0.25) is 0 Å². The summed E-state index contributed by atoms with van der Waals surface area (Å²) in [6, 6.07) is 12.8. The summed E-state index contributed by atoms with van der Waals surface area (Å²) in [4.78, 5) is 0. The summed E-state index contributed by atoms with van der Waals surface area (Å²) in [5.41, 5.74) is 1.97. The van der Waals surface area contributed by atoms with Crippen molar-refractivity contribution in [1.82, 2.24) is 9.78 Å². The minimum Gasteiger partial charge on any atom is -0.386 e. The number of aliphatic hydroxyl groups is 1. The lowest BCUT2D eigenvalue weighted by Gasteiger charge is -2.12. The first-order chi connectivity index (χ1) is 10.6. The maximum absolute atomic E-state index is 13.6. The lowest BCUT2D eigenvalue weighted by atomic mass is 10.1. The van der Waals surface area contributed by atoms with E-state index in [0.717, 1.165) is 23.3 Å². The first-order valence-electron chi connectivity index (χ1n) is 6.84. The number of aromatic nitrogens is 2. The molecule has 0 saturated carbocycles. The monoisotopic (exact) mass is 300 g/mol. The van der Waals surface area contributed by atoms with Crippen LogP contribution in [0.4, 0.5) is 8.78 Å². The molecule has 1 unspecified atom stereocenters. The van der Waals surface area contributed by atoms with E-state index < -0.39 is 17.7 Å². The summed E-state index contributed by atoms with van der Waals surface area (Å²) in [7, 11) is 0. The van der Waals surface area contributed by atoms with Gasteiger partial charge in [-0.2, -0.15) is 5.10 Å². The summed E-state index contributed by atoms with van der Waals surface area (Å²) in [6.45, 7) is 0.0926. The van der Waals surface area contributed by atoms with E-state index in [1.54, 1.807) is 12.4 Å². The van der Waals surface area contributed by atoms with Crippen LogP contribution in [0.1, 0.15) is 11.7 Å². The molecule has 0 saturated heterocycles. The number of aliphatic hydroxyl groups excluding tert-OH is 1. The van der Waals surface area contributed by atoms with Crippen LogP contribution in [-0.4, -0.2) is 14.9 Å². The SMILES string of the molecule is OC(Cn1cc(-c2ccccc2)cn1)c1ccc(F)cc1F. The van der Waals surface area contributed by atoms with Gasteiger partial charge in [0.25, 0.3) is 0 Å². The maximum atomic E-state index is 13.6. The van der Waals surface area contributed by atoms with Gasteiger partial charge in [0, 0.05) is 23.4 Å². The molecule has 2 aromatic carbocycles. The van der Waals surface area contributed by atoms with Crippen LogP contribution in [0.3, 0.4) is 0 Å². The van der Waals surface area contributed by atoms with Crippen LogP contribution in [0.5, 0.6) is 0 Å². The zero-order valence-corrected chi connectivity index (χ0v) is 11.7. The standard InChI is InChI=1S/C17H14F2N2O/c18-14-6-7-15(16(19)8-14)17(22)11-21-10-13(9-20-21)12-4-2-1-3-5-12/h1-10,17,22H,11H2. The molecule has 22 heavy (non-hydrogen) atoms. The van der Waals surface area contributed by atoms with E-state index in [2.05, 4.69) is 5.10 Å². The zero-order chi connectivity index (χ0) is 15.5. The second kappa shape index (κ2) is 6.07. The molecule has 0 fully saturated rings. The second-order valence-corrected chi connectivity index (χ2v) is 5.00. The molecular formula is C17H14F2N2O. The van der Waals surface area contributed by atoms with Gasteiger partial charge in [-0.3, -0.25) is 4.68 Å². The Bertz CT molecular complexity index is 771. The highest BCUT2D eigenvalue weighted by molar-refractivity contribution is 5.61. The molecule has 1 aromatic heterocycles. The summed E-state index contributed by atoms with van der Waals surface area (Å²) in [5, 5.41) is 14.3. The summed E-state index contributed by atoms with van der Waals surface area (Å²) in [6.07, 6.45) is 2.37. The zero-order valence-electron chi connectivity index (χ0n) is 11.7. The maximum Gasteiger partial charge on any atom is 0.131 e. The van der Waals surface area contributed by atoms with Crippen molar-refractivity contribution in [3.63, 3.8) is 0 Å². The van der Waals surface area contributed by atoms with Gasteiger partial charge in [-0.25, -0.2) is 8.78 Å². The Morgan fingerprint density at radius 3 is 2.55 bits per heavy atom. The smallest absolute Gasteiger partial charge is 0.131 e. The van der Waals surface area contributed by atoms with Crippen LogP contribution in [-0.2, 0) is 6.54 Å². The normalized spacial score (nSPS) is 12.3. The number of nitrogens with zero attached hydrogens (tertiary/aromatic N) is 2. The Balaban J connectivity index is 1.77. The van der Waals surface area contributed by atoms with Crippen molar-refractivity contribution in [1.29, 1.82) is 0 Å². The third-order valence-electron chi connectivity index (χ3n) is 3.42. The van der Waals surface area contributed by atoms with Crippen molar-refractivity contribution in [3.8, 4) is 11.1 Å². The molecule has 1 heterocycles. The molecule has 3 aromatic rings. The third kappa shape index (κ3) is 3.04. The molecule has 3 rings (SSSR count). The highest BCUT2D eigenvalue weighted by Gasteiger charge is 2.15. The van der Waals surface area contributed by atoms with Gasteiger partial charge in [-0.1, -0.05) is 36.4 Å². The van der Waals surface area contributed by atoms with Gasteiger partial charge in [-0.05, 0) is 11.6 Å². The number of rotatable bonds is 4. The van der Waals surface area contributed by atoms with Crippen LogP contribution in [0.2, 0.25) is 0 Å². The molecule has 5 heteroatoms. The van der Waals surface area contributed by atoms with Gasteiger partial charge in [0.15, 0.2) is 0 Å². The first kappa shape index (κ1) is 14.4. The van der Waals surface area contributed by atoms with Crippen molar-refractivity contribution in [2.24, 2.45) is 0 Å². The van der Waals surface area contributed by atoms with Crippen molar-refractivity contribution >= 4 is 0 Å². The molecular weight excluding hydrogens is 286 g/mol. The summed E-state index contributed by atoms with van der Waals surface area (Å²) >= 11 is 0. The fraction of sp³-hybridized carbons (Fsp3) is 0.118. The lowest BCUT2D eigenvalue weighted by Crippen LogP contribution is -2.10. The van der Waals surface area contributed by atoms with Crippen LogP contribution in [0.25, 0.3) is 11.1 Å². The molecule has 0 aliphatic rings. The minimum absolute atomic E-state index is 0.0539. The van der Waals surface area contributed by atoms with Crippen molar-refractivity contribution < 1.29 is 13.9 Å². The van der Waals surface area contributed by atoms with E-state index in [1.165, 1.54) is 10.7 Å². The molecule has 0 spiro atoms. The van der Waals surface area contributed by atoms with Crippen LogP contribution in [0.15, 0.2) is 60.9 Å². The highest BCUT2D eigenvalue weighted by Crippen LogP contribution is 2.22. The molecule has 1 atom stereocenters. The average molecular weight is 300 g/mol. The number of halogens is 2. The van der Waals surface area contributed by atoms with Crippen molar-refractivity contribution in [2.75, 3.05) is 0 Å². The Morgan fingerprint density at radius 2 is 1.82 bits per heavy atom. The summed E-state index contributed by atoms with van der Waals surface area (Å²) < 4.78 is 28.1. The third-order valence-corrected chi connectivity index (χ3v) is 3.42. The van der Waals surface area contributed by atoms with E-state index in [9.17, 15) is 13.9 Å².